The van der Waals surface area contributed by atoms with Gasteiger partial charge in [0.1, 0.15) is 0 Å². The maximum absolute atomic E-state index is 12.8. The van der Waals surface area contributed by atoms with E-state index in [1.807, 2.05) is 65.9 Å². The second-order valence-corrected chi connectivity index (χ2v) is 11.1. The number of anilines is 2. The average Bonchev–Trinajstić information content (AvgIpc) is 3.47. The van der Waals surface area contributed by atoms with Crippen molar-refractivity contribution in [2.45, 2.75) is 131 Å². The Morgan fingerprint density at radius 1 is 1.20 bits per heavy atom. The van der Waals surface area contributed by atoms with Gasteiger partial charge in [-0.25, -0.2) is 4.98 Å². The molecule has 1 unspecified atom stereocenters. The van der Waals surface area contributed by atoms with Gasteiger partial charge in [0.2, 0.25) is 5.95 Å². The van der Waals surface area contributed by atoms with Gasteiger partial charge >= 0.3 is 57.4 Å². The number of esters is 1. The van der Waals surface area contributed by atoms with Gasteiger partial charge in [-0.15, -0.1) is 0 Å². The minimum absolute atomic E-state index is 0. The molecule has 3 rings (SSSR count). The normalized spacial score (nSPS) is 14.9. The van der Waals surface area contributed by atoms with E-state index in [0.717, 1.165) is 29.7 Å². The molecule has 1 heterocycles. The molecule has 10 heteroatoms. The Bertz CT molecular complexity index is 1090. The maximum atomic E-state index is 12.8. The van der Waals surface area contributed by atoms with Crippen LogP contribution in [0.15, 0.2) is 41.8 Å². The second kappa shape index (κ2) is 24.8. The number of aromatic nitrogens is 2. The summed E-state index contributed by atoms with van der Waals surface area (Å²) in [6, 6.07) is 5.69. The van der Waals surface area contributed by atoms with Gasteiger partial charge in [-0.05, 0) is 93.4 Å². The van der Waals surface area contributed by atoms with Crippen LogP contribution in [0, 0.1) is 5.92 Å². The summed E-state index contributed by atoms with van der Waals surface area (Å²) in [6.07, 6.45) is 16.6. The maximum Gasteiger partial charge on any atom is 1.00 e. The smallest absolute Gasteiger partial charge is 0.835 e. The third-order valence-electron chi connectivity index (χ3n) is 6.85. The van der Waals surface area contributed by atoms with Crippen molar-refractivity contribution in [2.24, 2.45) is 16.6 Å². The number of carbonyl (C=O) groups excluding carboxylic acids is 1. The first kappa shape index (κ1) is 44.8. The van der Waals surface area contributed by atoms with Crippen molar-refractivity contribution in [3.8, 4) is 0 Å². The molecule has 1 aromatic heterocycles. The molecule has 1 aliphatic carbocycles. The topological polar surface area (TPSA) is 160 Å². The number of rotatable bonds is 12. The number of allylic oxidation sites excluding steroid dienone is 1. The van der Waals surface area contributed by atoms with E-state index in [4.69, 9.17) is 15.5 Å². The number of hydrogen-bond donors (Lipinski definition) is 3. The number of hydrogen-bond acceptors (Lipinski definition) is 7. The van der Waals surface area contributed by atoms with Crippen LogP contribution in [-0.2, 0) is 15.3 Å². The molecule has 0 bridgehead atoms. The van der Waals surface area contributed by atoms with E-state index >= 15 is 0 Å². The van der Waals surface area contributed by atoms with Crippen LogP contribution in [-0.4, -0.2) is 33.2 Å². The largest absolute Gasteiger partial charge is 1.00 e. The minimum Gasteiger partial charge on any atom is -0.835 e. The third-order valence-corrected chi connectivity index (χ3v) is 6.85. The Kier molecular flexibility index (Phi) is 25.2. The molecule has 0 amide bonds. The summed E-state index contributed by atoms with van der Waals surface area (Å²) in [5.41, 5.74) is 8.71. The summed E-state index contributed by atoms with van der Waals surface area (Å²) >= 11 is 0. The number of nitrogens with two attached hydrogens (primary N) is 1. The number of unbranched alkanes of at least 4 members (excludes halogenated alkanes) is 1. The molecule has 1 atom stereocenters. The summed E-state index contributed by atoms with van der Waals surface area (Å²) in [6.45, 7) is 15.4. The van der Waals surface area contributed by atoms with Crippen LogP contribution in [0.2, 0.25) is 0 Å². The van der Waals surface area contributed by atoms with E-state index in [2.05, 4.69) is 22.2 Å². The number of imidazole rings is 1. The van der Waals surface area contributed by atoms with E-state index in [-0.39, 0.29) is 68.9 Å². The molecule has 1 aromatic carbocycles. The molecule has 0 aliphatic heterocycles. The van der Waals surface area contributed by atoms with E-state index in [1.165, 1.54) is 57.6 Å². The van der Waals surface area contributed by atoms with Crippen LogP contribution in [0.5, 0.6) is 0 Å². The zero-order valence-electron chi connectivity index (χ0n) is 28.9. The first-order valence-electron chi connectivity index (χ1n) is 15.9. The molecule has 2 aromatic rings. The Hall–Kier alpha value is -1.37. The van der Waals surface area contributed by atoms with Crippen LogP contribution in [0.25, 0.3) is 5.57 Å². The predicted molar refractivity (Wildman–Crippen MR) is 178 cm³/mol. The van der Waals surface area contributed by atoms with Crippen molar-refractivity contribution >= 4 is 28.9 Å². The number of benzene rings is 1. The van der Waals surface area contributed by atoms with Crippen molar-refractivity contribution in [1.82, 2.24) is 9.97 Å². The fourth-order valence-electron chi connectivity index (χ4n) is 4.79. The van der Waals surface area contributed by atoms with Crippen molar-refractivity contribution in [2.75, 3.05) is 5.32 Å². The number of carbonyl (C=O) groups is 1. The Balaban J connectivity index is 0. The van der Waals surface area contributed by atoms with Gasteiger partial charge in [0.15, 0.2) is 0 Å². The van der Waals surface area contributed by atoms with Gasteiger partial charge < -0.3 is 31.4 Å². The predicted octanol–water partition coefficient (Wildman–Crippen LogP) is 4.16. The number of nitrogens with zero attached hydrogens (tertiary/aromatic N) is 2. The minimum atomic E-state index is -1.72. The second-order valence-electron chi connectivity index (χ2n) is 11.1. The Morgan fingerprint density at radius 3 is 2.39 bits per heavy atom. The summed E-state index contributed by atoms with van der Waals surface area (Å²) in [5, 5.41) is 15.9. The first-order chi connectivity index (χ1) is 20.0. The molecule has 0 saturated heterocycles. The number of aromatic amines is 1. The standard InChI is InChI=1S/C25H36N5O.C7H14O2.C2H6.K.H2O/c1-4-5-11-23(19-9-7-6-8-10-19)29-17-18(2)21-13-12-20(16-22(21)25(3,26)31)30-24-27-14-15-28-24;1-4-5-7(8)9-6(2)3;1-2;;/h12-17,19H,4-11,26H2,1-3H3,(H2,27,28,30);6H,4-5H2,1-3H3;1-2H3;;1H2/q-1;;;+1;/b18-17+,29-23?;;;;. The van der Waals surface area contributed by atoms with Crippen molar-refractivity contribution in [1.29, 1.82) is 0 Å². The van der Waals surface area contributed by atoms with E-state index < -0.39 is 5.72 Å². The summed E-state index contributed by atoms with van der Waals surface area (Å²) in [5.74, 6) is 1.13. The molecule has 244 valence electrons. The number of nitrogens with one attached hydrogen (secondary N) is 2. The third kappa shape index (κ3) is 17.4. The fourth-order valence-corrected chi connectivity index (χ4v) is 4.79. The van der Waals surface area contributed by atoms with Crippen LogP contribution in [0.4, 0.5) is 11.6 Å². The van der Waals surface area contributed by atoms with Crippen LogP contribution in [0.3, 0.4) is 0 Å². The van der Waals surface area contributed by atoms with Gasteiger partial charge in [0, 0.05) is 36.4 Å². The van der Waals surface area contributed by atoms with Gasteiger partial charge in [0.05, 0.1) is 6.10 Å². The first-order valence-corrected chi connectivity index (χ1v) is 15.9. The number of ether oxygens (including phenoxy) is 1. The summed E-state index contributed by atoms with van der Waals surface area (Å²) in [7, 11) is 0. The van der Waals surface area contributed by atoms with Crippen LogP contribution < -0.4 is 67.5 Å². The molecule has 44 heavy (non-hydrogen) atoms. The zero-order chi connectivity index (χ0) is 31.5. The number of H-pyrrole nitrogens is 1. The van der Waals surface area contributed by atoms with E-state index in [0.29, 0.717) is 23.9 Å². The molecule has 9 nitrogen and oxygen atoms in total. The fraction of sp³-hybridized carbons (Fsp3) is 0.618. The van der Waals surface area contributed by atoms with Gasteiger partial charge in [-0.2, -0.15) is 0 Å². The molecule has 1 aliphatic rings. The average molecular weight is 640 g/mol. The van der Waals surface area contributed by atoms with Crippen molar-refractivity contribution < 1.29 is 71.5 Å². The SMILES string of the molecule is CC.CCCC(=O)OC(C)C.CCCCC(=N/C=C(\C)c1ccc(Nc2ncc[nH]2)cc1C(C)(N)[O-])C1CCCCC1.O.[K+]. The monoisotopic (exact) mass is 639 g/mol. The number of aliphatic imine (C=N–C) groups is 1. The van der Waals surface area contributed by atoms with Crippen LogP contribution in [0.1, 0.15) is 131 Å². The molecule has 0 radical (unpaired) electrons. The van der Waals surface area contributed by atoms with E-state index in [1.54, 1.807) is 12.4 Å². The zero-order valence-corrected chi connectivity index (χ0v) is 32.0. The molecule has 1 saturated carbocycles. The van der Waals surface area contributed by atoms with Crippen molar-refractivity contribution in [3.05, 3.63) is 47.9 Å². The summed E-state index contributed by atoms with van der Waals surface area (Å²) in [4.78, 5) is 22.8. The molecular weight excluding hydrogens is 582 g/mol. The molecule has 0 spiro atoms. The van der Waals surface area contributed by atoms with Gasteiger partial charge in [-0.3, -0.25) is 9.79 Å². The quantitative estimate of drug-likeness (QED) is 0.137. The van der Waals surface area contributed by atoms with Crippen LogP contribution >= 0.6 is 0 Å². The Labute approximate surface area is 309 Å². The van der Waals surface area contributed by atoms with Gasteiger partial charge in [0.25, 0.3) is 0 Å². The van der Waals surface area contributed by atoms with E-state index in [9.17, 15) is 9.90 Å². The molecule has 1 fully saturated rings. The Morgan fingerprint density at radius 2 is 1.86 bits per heavy atom. The molecule has 6 N–H and O–H groups in total. The van der Waals surface area contributed by atoms with Gasteiger partial charge in [-0.1, -0.05) is 66.4 Å². The summed E-state index contributed by atoms with van der Waals surface area (Å²) < 4.78 is 4.85. The molecular formula is C34H58KN5O4. The van der Waals surface area contributed by atoms with Crippen molar-refractivity contribution in [3.63, 3.8) is 0 Å².